The Labute approximate surface area is 131 Å². The van der Waals surface area contributed by atoms with Crippen molar-refractivity contribution in [2.75, 3.05) is 0 Å². The van der Waals surface area contributed by atoms with Gasteiger partial charge >= 0.3 is 5.63 Å². The van der Waals surface area contributed by atoms with Crippen LogP contribution in [0, 0.1) is 3.57 Å². The zero-order valence-electron chi connectivity index (χ0n) is 9.69. The average Bonchev–Trinajstić information content (AvgIpc) is 2.39. The molecule has 94 valence electrons. The van der Waals surface area contributed by atoms with Crippen LogP contribution in [0.4, 0.5) is 0 Å². The highest BCUT2D eigenvalue weighted by atomic mass is 127. The summed E-state index contributed by atoms with van der Waals surface area (Å²) < 4.78 is 7.41. The van der Waals surface area contributed by atoms with Gasteiger partial charge in [-0.1, -0.05) is 34.1 Å². The van der Waals surface area contributed by atoms with Crippen LogP contribution in [0.3, 0.4) is 0 Å². The Kier molecular flexibility index (Phi) is 3.45. The highest BCUT2D eigenvalue weighted by Gasteiger charge is 2.07. The van der Waals surface area contributed by atoms with Gasteiger partial charge in [-0.05, 0) is 58.5 Å². The first-order valence-electron chi connectivity index (χ1n) is 5.63. The largest absolute Gasteiger partial charge is 0.422 e. The maximum absolute atomic E-state index is 12.0. The van der Waals surface area contributed by atoms with Crippen LogP contribution in [0.5, 0.6) is 0 Å². The lowest BCUT2D eigenvalue weighted by atomic mass is 10.1. The van der Waals surface area contributed by atoms with E-state index in [0.717, 1.165) is 19.0 Å². The monoisotopic (exact) mass is 426 g/mol. The summed E-state index contributed by atoms with van der Waals surface area (Å²) in [5.74, 6) is 0. The molecule has 0 aliphatic rings. The Balaban J connectivity index is 2.24. The molecule has 0 saturated carbocycles. The lowest BCUT2D eigenvalue weighted by Crippen LogP contribution is -2.02. The molecule has 0 bridgehead atoms. The molecule has 0 aliphatic heterocycles. The van der Waals surface area contributed by atoms with Crippen molar-refractivity contribution < 1.29 is 4.42 Å². The summed E-state index contributed by atoms with van der Waals surface area (Å²) in [4.78, 5) is 12.0. The number of halogens is 2. The van der Waals surface area contributed by atoms with Crippen LogP contribution in [0.25, 0.3) is 22.1 Å². The molecule has 4 heteroatoms. The molecule has 3 aromatic rings. The SMILES string of the molecule is O=c1oc2cc(I)ccc2cc1-c1ccc(Br)cc1. The van der Waals surface area contributed by atoms with Gasteiger partial charge < -0.3 is 4.42 Å². The fraction of sp³-hybridized carbons (Fsp3) is 0. The molecule has 3 rings (SSSR count). The lowest BCUT2D eigenvalue weighted by Gasteiger charge is -2.03. The molecule has 1 heterocycles. The quantitative estimate of drug-likeness (QED) is 0.412. The second kappa shape index (κ2) is 5.09. The molecule has 0 spiro atoms. The molecule has 0 N–H and O–H groups in total. The molecule has 0 radical (unpaired) electrons. The van der Waals surface area contributed by atoms with E-state index in [1.807, 2.05) is 48.5 Å². The molecule has 0 fully saturated rings. The zero-order chi connectivity index (χ0) is 13.4. The van der Waals surface area contributed by atoms with Gasteiger partial charge in [0.1, 0.15) is 5.58 Å². The van der Waals surface area contributed by atoms with Gasteiger partial charge in [-0.2, -0.15) is 0 Å². The van der Waals surface area contributed by atoms with E-state index in [4.69, 9.17) is 4.42 Å². The van der Waals surface area contributed by atoms with Gasteiger partial charge in [0.25, 0.3) is 0 Å². The zero-order valence-corrected chi connectivity index (χ0v) is 13.4. The van der Waals surface area contributed by atoms with Gasteiger partial charge in [0.15, 0.2) is 0 Å². The minimum atomic E-state index is -0.308. The molecule has 19 heavy (non-hydrogen) atoms. The van der Waals surface area contributed by atoms with Crippen molar-refractivity contribution in [3.05, 3.63) is 67.0 Å². The van der Waals surface area contributed by atoms with Crippen LogP contribution in [0.15, 0.2) is 62.2 Å². The molecule has 0 aliphatic carbocycles. The second-order valence-corrected chi connectivity index (χ2v) is 6.30. The molecule has 0 atom stereocenters. The molecular weight excluding hydrogens is 419 g/mol. The first-order chi connectivity index (χ1) is 9.13. The Morgan fingerprint density at radius 3 is 2.47 bits per heavy atom. The minimum absolute atomic E-state index is 0.308. The van der Waals surface area contributed by atoms with Gasteiger partial charge in [-0.25, -0.2) is 4.79 Å². The molecular formula is C15H8BrIO2. The number of hydrogen-bond donors (Lipinski definition) is 0. The molecule has 0 saturated heterocycles. The Morgan fingerprint density at radius 2 is 1.74 bits per heavy atom. The maximum atomic E-state index is 12.0. The summed E-state index contributed by atoms with van der Waals surface area (Å²) in [5.41, 5.74) is 1.76. The van der Waals surface area contributed by atoms with Crippen molar-refractivity contribution in [1.82, 2.24) is 0 Å². The number of hydrogen-bond acceptors (Lipinski definition) is 2. The molecule has 0 amide bonds. The predicted octanol–water partition coefficient (Wildman–Crippen LogP) is 4.83. The number of benzene rings is 2. The number of fused-ring (bicyclic) bond motifs is 1. The molecule has 2 aromatic carbocycles. The fourth-order valence-electron chi connectivity index (χ4n) is 1.92. The summed E-state index contributed by atoms with van der Waals surface area (Å²) in [6, 6.07) is 15.3. The van der Waals surface area contributed by atoms with Gasteiger partial charge in [0, 0.05) is 13.4 Å². The Hall–Kier alpha value is -1.14. The standard InChI is InChI=1S/C15H8BrIO2/c16-11-4-1-9(2-5-11)13-7-10-3-6-12(17)8-14(10)19-15(13)18/h1-8H. The topological polar surface area (TPSA) is 30.2 Å². The fourth-order valence-corrected chi connectivity index (χ4v) is 2.64. The smallest absolute Gasteiger partial charge is 0.344 e. The normalized spacial score (nSPS) is 10.8. The van der Waals surface area contributed by atoms with Crippen LogP contribution < -0.4 is 5.63 Å². The first kappa shape index (κ1) is 12.9. The van der Waals surface area contributed by atoms with Crippen LogP contribution in [0.1, 0.15) is 0 Å². The summed E-state index contributed by atoms with van der Waals surface area (Å²) in [6.07, 6.45) is 0. The average molecular weight is 427 g/mol. The highest BCUT2D eigenvalue weighted by Crippen LogP contribution is 2.23. The highest BCUT2D eigenvalue weighted by molar-refractivity contribution is 14.1. The molecule has 1 aromatic heterocycles. The maximum Gasteiger partial charge on any atom is 0.344 e. The molecule has 0 unspecified atom stereocenters. The van der Waals surface area contributed by atoms with Crippen molar-refractivity contribution in [3.63, 3.8) is 0 Å². The van der Waals surface area contributed by atoms with Gasteiger partial charge in [0.05, 0.1) is 5.56 Å². The summed E-state index contributed by atoms with van der Waals surface area (Å²) in [5, 5.41) is 0.929. The third-order valence-corrected chi connectivity index (χ3v) is 4.05. The van der Waals surface area contributed by atoms with Crippen LogP contribution in [-0.2, 0) is 0 Å². The van der Waals surface area contributed by atoms with Crippen LogP contribution >= 0.6 is 38.5 Å². The van der Waals surface area contributed by atoms with Crippen molar-refractivity contribution in [2.24, 2.45) is 0 Å². The van der Waals surface area contributed by atoms with Gasteiger partial charge in [-0.15, -0.1) is 0 Å². The van der Waals surface area contributed by atoms with E-state index in [0.29, 0.717) is 11.1 Å². The summed E-state index contributed by atoms with van der Waals surface area (Å²) in [6.45, 7) is 0. The van der Waals surface area contributed by atoms with Crippen LogP contribution in [0.2, 0.25) is 0 Å². The van der Waals surface area contributed by atoms with Crippen LogP contribution in [-0.4, -0.2) is 0 Å². The van der Waals surface area contributed by atoms with E-state index in [1.54, 1.807) is 0 Å². The summed E-state index contributed by atoms with van der Waals surface area (Å²) >= 11 is 5.58. The lowest BCUT2D eigenvalue weighted by molar-refractivity contribution is 0.563. The van der Waals surface area contributed by atoms with Crippen molar-refractivity contribution in [2.45, 2.75) is 0 Å². The van der Waals surface area contributed by atoms with E-state index in [-0.39, 0.29) is 5.63 Å². The molecule has 2 nitrogen and oxygen atoms in total. The predicted molar refractivity (Wildman–Crippen MR) is 88.3 cm³/mol. The van der Waals surface area contributed by atoms with Crippen molar-refractivity contribution >= 4 is 49.5 Å². The third kappa shape index (κ3) is 2.60. The summed E-state index contributed by atoms with van der Waals surface area (Å²) in [7, 11) is 0. The number of rotatable bonds is 1. The van der Waals surface area contributed by atoms with E-state index >= 15 is 0 Å². The Bertz CT molecular complexity index is 806. The van der Waals surface area contributed by atoms with E-state index < -0.39 is 0 Å². The van der Waals surface area contributed by atoms with Crippen molar-refractivity contribution in [1.29, 1.82) is 0 Å². The van der Waals surface area contributed by atoms with E-state index in [1.165, 1.54) is 0 Å². The van der Waals surface area contributed by atoms with E-state index in [9.17, 15) is 4.79 Å². The minimum Gasteiger partial charge on any atom is -0.422 e. The second-order valence-electron chi connectivity index (χ2n) is 4.14. The van der Waals surface area contributed by atoms with E-state index in [2.05, 4.69) is 38.5 Å². The third-order valence-electron chi connectivity index (χ3n) is 2.85. The first-order valence-corrected chi connectivity index (χ1v) is 7.50. The van der Waals surface area contributed by atoms with Gasteiger partial charge in [-0.3, -0.25) is 0 Å². The Morgan fingerprint density at radius 1 is 1.00 bits per heavy atom. The van der Waals surface area contributed by atoms with Gasteiger partial charge in [0.2, 0.25) is 0 Å². The van der Waals surface area contributed by atoms with Crippen molar-refractivity contribution in [3.8, 4) is 11.1 Å².